The molecule has 0 spiro atoms. The molecule has 2 amide bonds. The number of anilines is 2. The van der Waals surface area contributed by atoms with Crippen molar-refractivity contribution in [2.45, 2.75) is 52.4 Å². The Kier molecular flexibility index (Phi) is 9.89. The Bertz CT molecular complexity index is 1020. The zero-order valence-electron chi connectivity index (χ0n) is 19.7. The van der Waals surface area contributed by atoms with Gasteiger partial charge in [0.1, 0.15) is 5.75 Å². The maximum absolute atomic E-state index is 12.9. The number of carbonyl (C=O) groups excluding carboxylic acids is 2. The number of hydrogen-bond donors (Lipinski definition) is 3. The topological polar surface area (TPSA) is 79.5 Å². The molecule has 0 bridgehead atoms. The zero-order valence-corrected chi connectivity index (χ0v) is 22.1. The van der Waals surface area contributed by atoms with Crippen LogP contribution in [0.15, 0.2) is 46.9 Å². The summed E-state index contributed by atoms with van der Waals surface area (Å²) in [5.74, 6) is 0.796. The minimum absolute atomic E-state index is 0.0624. The fraction of sp³-hybridized carbons (Fsp3) is 0.423. The van der Waals surface area contributed by atoms with E-state index in [9.17, 15) is 9.59 Å². The molecule has 0 radical (unpaired) electrons. The molecule has 2 aromatic rings. The van der Waals surface area contributed by atoms with E-state index < -0.39 is 0 Å². The van der Waals surface area contributed by atoms with Gasteiger partial charge in [0, 0.05) is 21.8 Å². The Balaban J connectivity index is 1.59. The van der Waals surface area contributed by atoms with Gasteiger partial charge < -0.3 is 15.4 Å². The summed E-state index contributed by atoms with van der Waals surface area (Å²) in [6.07, 6.45) is 6.20. The summed E-state index contributed by atoms with van der Waals surface area (Å²) in [5, 5.41) is 8.90. The second-order valence-electron chi connectivity index (χ2n) is 8.98. The zero-order chi connectivity index (χ0) is 24.5. The number of ether oxygens (including phenoxy) is 1. The van der Waals surface area contributed by atoms with Crippen LogP contribution in [0, 0.1) is 11.8 Å². The second kappa shape index (κ2) is 12.9. The molecule has 3 rings (SSSR count). The summed E-state index contributed by atoms with van der Waals surface area (Å²) in [7, 11) is 0. The minimum Gasteiger partial charge on any atom is -0.493 e. The van der Waals surface area contributed by atoms with Gasteiger partial charge >= 0.3 is 0 Å². The highest BCUT2D eigenvalue weighted by Gasteiger charge is 2.21. The smallest absolute Gasteiger partial charge is 0.261 e. The van der Waals surface area contributed by atoms with E-state index in [4.69, 9.17) is 17.0 Å². The average Bonchev–Trinajstić information content (AvgIpc) is 2.80. The Morgan fingerprint density at radius 1 is 1.06 bits per heavy atom. The lowest BCUT2D eigenvalue weighted by Crippen LogP contribution is -2.34. The van der Waals surface area contributed by atoms with Crippen LogP contribution in [0.4, 0.5) is 11.4 Å². The fourth-order valence-electron chi connectivity index (χ4n) is 3.83. The molecule has 1 saturated carbocycles. The predicted molar refractivity (Wildman–Crippen MR) is 144 cm³/mol. The third-order valence-electron chi connectivity index (χ3n) is 5.73. The summed E-state index contributed by atoms with van der Waals surface area (Å²) in [6.45, 7) is 4.78. The van der Waals surface area contributed by atoms with Gasteiger partial charge in [-0.2, -0.15) is 0 Å². The molecule has 1 aliphatic carbocycles. The van der Waals surface area contributed by atoms with Crippen LogP contribution in [0.5, 0.6) is 5.75 Å². The first-order valence-electron chi connectivity index (χ1n) is 11.8. The summed E-state index contributed by atoms with van der Waals surface area (Å²) < 4.78 is 6.61. The first-order chi connectivity index (χ1) is 16.3. The maximum Gasteiger partial charge on any atom is 0.261 e. The lowest BCUT2D eigenvalue weighted by Gasteiger charge is -2.21. The number of hydrogen-bond acceptors (Lipinski definition) is 4. The second-order valence-corrected chi connectivity index (χ2v) is 10.3. The van der Waals surface area contributed by atoms with Crippen molar-refractivity contribution in [3.05, 3.63) is 52.5 Å². The van der Waals surface area contributed by atoms with Crippen molar-refractivity contribution in [2.75, 3.05) is 17.2 Å². The molecule has 182 valence electrons. The Labute approximate surface area is 215 Å². The van der Waals surface area contributed by atoms with Crippen molar-refractivity contribution < 1.29 is 14.3 Å². The average molecular weight is 547 g/mol. The molecule has 8 heteroatoms. The SMILES string of the molecule is CC(C)CCOc1ccc(Br)cc1C(=O)NC(=S)Nc1cccc(NC(=O)C2CCCCC2)c1. The third kappa shape index (κ3) is 8.09. The highest BCUT2D eigenvalue weighted by atomic mass is 79.9. The van der Waals surface area contributed by atoms with Crippen molar-refractivity contribution >= 4 is 56.4 Å². The lowest BCUT2D eigenvalue weighted by molar-refractivity contribution is -0.120. The highest BCUT2D eigenvalue weighted by molar-refractivity contribution is 9.10. The summed E-state index contributed by atoms with van der Waals surface area (Å²) in [5.41, 5.74) is 1.77. The van der Waals surface area contributed by atoms with Crippen LogP contribution in [0.25, 0.3) is 0 Å². The van der Waals surface area contributed by atoms with Crippen molar-refractivity contribution in [2.24, 2.45) is 11.8 Å². The van der Waals surface area contributed by atoms with Crippen LogP contribution in [-0.2, 0) is 4.79 Å². The van der Waals surface area contributed by atoms with Crippen LogP contribution < -0.4 is 20.7 Å². The molecule has 3 N–H and O–H groups in total. The quantitative estimate of drug-likeness (QED) is 0.329. The molecule has 0 saturated heterocycles. The van der Waals surface area contributed by atoms with Crippen LogP contribution >= 0.6 is 28.1 Å². The Morgan fingerprint density at radius 3 is 2.47 bits per heavy atom. The van der Waals surface area contributed by atoms with E-state index in [0.29, 0.717) is 35.2 Å². The van der Waals surface area contributed by atoms with E-state index in [1.807, 2.05) is 24.3 Å². The number of nitrogens with one attached hydrogen (secondary N) is 3. The van der Waals surface area contributed by atoms with Crippen LogP contribution in [0.3, 0.4) is 0 Å². The van der Waals surface area contributed by atoms with E-state index in [2.05, 4.69) is 45.7 Å². The van der Waals surface area contributed by atoms with E-state index in [1.165, 1.54) is 6.42 Å². The number of carbonyl (C=O) groups is 2. The number of rotatable bonds is 8. The van der Waals surface area contributed by atoms with Crippen molar-refractivity contribution in [3.8, 4) is 5.75 Å². The summed E-state index contributed by atoms with van der Waals surface area (Å²) in [6, 6.07) is 12.6. The highest BCUT2D eigenvalue weighted by Crippen LogP contribution is 2.26. The van der Waals surface area contributed by atoms with E-state index in [1.54, 1.807) is 18.2 Å². The Morgan fingerprint density at radius 2 is 1.76 bits per heavy atom. The maximum atomic E-state index is 12.9. The molecule has 1 aliphatic rings. The van der Waals surface area contributed by atoms with Crippen molar-refractivity contribution in [1.29, 1.82) is 0 Å². The molecule has 0 heterocycles. The monoisotopic (exact) mass is 545 g/mol. The summed E-state index contributed by atoms with van der Waals surface area (Å²) in [4.78, 5) is 25.5. The predicted octanol–water partition coefficient (Wildman–Crippen LogP) is 6.52. The number of amides is 2. The van der Waals surface area contributed by atoms with Crippen LogP contribution in [0.1, 0.15) is 62.7 Å². The van der Waals surface area contributed by atoms with Crippen molar-refractivity contribution in [1.82, 2.24) is 5.32 Å². The largest absolute Gasteiger partial charge is 0.493 e. The third-order valence-corrected chi connectivity index (χ3v) is 6.43. The molecule has 0 atom stereocenters. The number of thiocarbonyl (C=S) groups is 1. The van der Waals surface area contributed by atoms with Gasteiger partial charge in [0.2, 0.25) is 5.91 Å². The molecular weight excluding hydrogens is 514 g/mol. The molecule has 34 heavy (non-hydrogen) atoms. The van der Waals surface area contributed by atoms with Gasteiger partial charge in [0.05, 0.1) is 12.2 Å². The Hall–Kier alpha value is -2.45. The molecule has 0 unspecified atom stereocenters. The number of halogens is 1. The van der Waals surface area contributed by atoms with E-state index in [0.717, 1.165) is 36.6 Å². The van der Waals surface area contributed by atoms with Gasteiger partial charge in [-0.1, -0.05) is 55.1 Å². The molecule has 0 aromatic heterocycles. The molecule has 2 aromatic carbocycles. The minimum atomic E-state index is -0.361. The van der Waals surface area contributed by atoms with Gasteiger partial charge in [-0.15, -0.1) is 0 Å². The summed E-state index contributed by atoms with van der Waals surface area (Å²) >= 11 is 8.77. The van der Waals surface area contributed by atoms with Gasteiger partial charge in [-0.05, 0) is 73.8 Å². The fourth-order valence-corrected chi connectivity index (χ4v) is 4.40. The first-order valence-corrected chi connectivity index (χ1v) is 13.0. The lowest BCUT2D eigenvalue weighted by atomic mass is 9.88. The van der Waals surface area contributed by atoms with Crippen molar-refractivity contribution in [3.63, 3.8) is 0 Å². The van der Waals surface area contributed by atoms with Gasteiger partial charge in [-0.3, -0.25) is 14.9 Å². The number of benzene rings is 2. The molecular formula is C26H32BrN3O3S. The molecule has 1 fully saturated rings. The van der Waals surface area contributed by atoms with Gasteiger partial charge in [0.25, 0.3) is 5.91 Å². The normalized spacial score (nSPS) is 13.9. The van der Waals surface area contributed by atoms with Crippen LogP contribution in [-0.4, -0.2) is 23.5 Å². The van der Waals surface area contributed by atoms with Gasteiger partial charge in [-0.25, -0.2) is 0 Å². The van der Waals surface area contributed by atoms with E-state index >= 15 is 0 Å². The van der Waals surface area contributed by atoms with E-state index in [-0.39, 0.29) is 22.8 Å². The molecule has 6 nitrogen and oxygen atoms in total. The van der Waals surface area contributed by atoms with Gasteiger partial charge in [0.15, 0.2) is 5.11 Å². The first kappa shape index (κ1) is 26.2. The van der Waals surface area contributed by atoms with Crippen LogP contribution in [0.2, 0.25) is 0 Å². The molecule has 0 aliphatic heterocycles. The standard InChI is InChI=1S/C26H32BrN3O3S/c1-17(2)13-14-33-23-12-11-19(27)15-22(23)25(32)30-26(34)29-21-10-6-9-20(16-21)28-24(31)18-7-4-3-5-8-18/h6,9-12,15-18H,3-5,7-8,13-14H2,1-2H3,(H,28,31)(H2,29,30,32,34).